The molecule has 0 bridgehead atoms. The smallest absolute Gasteiger partial charge is 0.265 e. The molecule has 1 amide bonds. The summed E-state index contributed by atoms with van der Waals surface area (Å²) >= 11 is 0. The summed E-state index contributed by atoms with van der Waals surface area (Å²) in [5.74, 6) is -0.323. The van der Waals surface area contributed by atoms with Crippen LogP contribution in [0.4, 0.5) is 0 Å². The molecule has 1 fully saturated rings. The van der Waals surface area contributed by atoms with Crippen LogP contribution in [0.1, 0.15) is 29.6 Å². The Balaban J connectivity index is 2.25. The van der Waals surface area contributed by atoms with E-state index in [9.17, 15) is 13.2 Å². The Kier molecular flexibility index (Phi) is 4.97. The second-order valence-corrected chi connectivity index (χ2v) is 7.27. The van der Waals surface area contributed by atoms with Gasteiger partial charge in [0.15, 0.2) is 0 Å². The number of benzene rings is 1. The van der Waals surface area contributed by atoms with Gasteiger partial charge in [0.1, 0.15) is 0 Å². The van der Waals surface area contributed by atoms with Gasteiger partial charge in [-0.25, -0.2) is 13.4 Å². The minimum atomic E-state index is -3.51. The van der Waals surface area contributed by atoms with Crippen molar-refractivity contribution in [2.24, 2.45) is 0 Å². The summed E-state index contributed by atoms with van der Waals surface area (Å²) in [4.78, 5) is 12.1. The lowest BCUT2D eigenvalue weighted by atomic mass is 10.2. The number of amides is 1. The average Bonchev–Trinajstić information content (AvgIpc) is 2.47. The van der Waals surface area contributed by atoms with E-state index in [1.54, 1.807) is 26.2 Å². The molecule has 0 spiro atoms. The maximum absolute atomic E-state index is 12.6. The van der Waals surface area contributed by atoms with Crippen molar-refractivity contribution in [1.82, 2.24) is 14.7 Å². The van der Waals surface area contributed by atoms with Crippen LogP contribution in [-0.4, -0.2) is 50.8 Å². The molecule has 0 aliphatic carbocycles. The summed E-state index contributed by atoms with van der Waals surface area (Å²) < 4.78 is 26.6. The highest BCUT2D eigenvalue weighted by Crippen LogP contribution is 2.21. The summed E-state index contributed by atoms with van der Waals surface area (Å²) in [6, 6.07) is 6.18. The van der Waals surface area contributed by atoms with Crippen molar-refractivity contribution in [3.63, 3.8) is 0 Å². The normalized spacial score (nSPS) is 16.9. The average molecular weight is 311 g/mol. The van der Waals surface area contributed by atoms with Gasteiger partial charge in [0, 0.05) is 32.7 Å². The van der Waals surface area contributed by atoms with Gasteiger partial charge in [-0.1, -0.05) is 12.5 Å². The number of piperidine rings is 1. The lowest BCUT2D eigenvalue weighted by Crippen LogP contribution is -2.37. The van der Waals surface area contributed by atoms with E-state index in [1.807, 2.05) is 0 Å². The third-order valence-corrected chi connectivity index (χ3v) is 5.27. The molecule has 0 radical (unpaired) electrons. The van der Waals surface area contributed by atoms with Crippen molar-refractivity contribution in [2.45, 2.75) is 24.2 Å². The van der Waals surface area contributed by atoms with Gasteiger partial charge >= 0.3 is 0 Å². The molecule has 1 aliphatic rings. The molecule has 1 aromatic carbocycles. The van der Waals surface area contributed by atoms with Crippen molar-refractivity contribution < 1.29 is 13.2 Å². The highest BCUT2D eigenvalue weighted by Gasteiger charge is 2.26. The molecule has 0 saturated carbocycles. The Morgan fingerprint density at radius 1 is 1.19 bits per heavy atom. The molecule has 116 valence electrons. The van der Waals surface area contributed by atoms with Crippen LogP contribution in [0, 0.1) is 0 Å². The quantitative estimate of drug-likeness (QED) is 0.845. The lowest BCUT2D eigenvalue weighted by molar-refractivity contribution is 0.0856. The predicted octanol–water partition coefficient (Wildman–Crippen LogP) is 1.07. The molecule has 1 aliphatic heterocycles. The van der Waals surface area contributed by atoms with Crippen LogP contribution < -0.4 is 5.43 Å². The first kappa shape index (κ1) is 15.9. The van der Waals surface area contributed by atoms with E-state index in [1.165, 1.54) is 21.4 Å². The third kappa shape index (κ3) is 3.81. The van der Waals surface area contributed by atoms with Gasteiger partial charge in [-0.05, 0) is 31.0 Å². The number of hydrogen-bond donors (Lipinski definition) is 1. The van der Waals surface area contributed by atoms with Crippen molar-refractivity contribution in [2.75, 3.05) is 27.2 Å². The van der Waals surface area contributed by atoms with Crippen LogP contribution >= 0.6 is 0 Å². The number of rotatable bonds is 4. The zero-order chi connectivity index (χ0) is 15.5. The number of hydrazine groups is 1. The Bertz CT molecular complexity index is 608. The molecular weight excluding hydrogens is 290 g/mol. The summed E-state index contributed by atoms with van der Waals surface area (Å²) in [6.45, 7) is 1.10. The van der Waals surface area contributed by atoms with Gasteiger partial charge in [0.2, 0.25) is 10.0 Å². The van der Waals surface area contributed by atoms with E-state index in [0.717, 1.165) is 19.3 Å². The number of carbonyl (C=O) groups is 1. The number of hydrogen-bond acceptors (Lipinski definition) is 4. The molecule has 1 N–H and O–H groups in total. The van der Waals surface area contributed by atoms with E-state index in [0.29, 0.717) is 18.7 Å². The van der Waals surface area contributed by atoms with E-state index < -0.39 is 10.0 Å². The molecule has 0 atom stereocenters. The molecule has 1 heterocycles. The van der Waals surface area contributed by atoms with Crippen LogP contribution in [0.15, 0.2) is 29.2 Å². The molecular formula is C14H21N3O3S. The van der Waals surface area contributed by atoms with E-state index in [4.69, 9.17) is 0 Å². The molecule has 0 aromatic heterocycles. The van der Waals surface area contributed by atoms with Crippen LogP contribution in [0.3, 0.4) is 0 Å². The highest BCUT2D eigenvalue weighted by atomic mass is 32.2. The van der Waals surface area contributed by atoms with Crippen molar-refractivity contribution >= 4 is 15.9 Å². The molecule has 2 rings (SSSR count). The predicted molar refractivity (Wildman–Crippen MR) is 80.2 cm³/mol. The Labute approximate surface area is 125 Å². The van der Waals surface area contributed by atoms with Gasteiger partial charge < -0.3 is 0 Å². The van der Waals surface area contributed by atoms with Crippen LogP contribution in [0.2, 0.25) is 0 Å². The second kappa shape index (κ2) is 6.55. The first-order valence-electron chi connectivity index (χ1n) is 7.00. The standard InChI is InChI=1S/C14H21N3O3S/c1-16(2)15-14(18)12-7-6-8-13(11-12)21(19,20)17-9-4-3-5-10-17/h6-8,11H,3-5,9-10H2,1-2H3,(H,15,18). The molecule has 21 heavy (non-hydrogen) atoms. The van der Waals surface area contributed by atoms with Gasteiger partial charge in [0.05, 0.1) is 4.90 Å². The number of carbonyl (C=O) groups excluding carboxylic acids is 1. The lowest BCUT2D eigenvalue weighted by Gasteiger charge is -2.26. The molecule has 7 heteroatoms. The van der Waals surface area contributed by atoms with Crippen LogP contribution in [-0.2, 0) is 10.0 Å². The summed E-state index contributed by atoms with van der Waals surface area (Å²) in [7, 11) is -0.106. The third-order valence-electron chi connectivity index (χ3n) is 3.37. The zero-order valence-electron chi connectivity index (χ0n) is 12.4. The first-order valence-corrected chi connectivity index (χ1v) is 8.44. The fraction of sp³-hybridized carbons (Fsp3) is 0.500. The number of sulfonamides is 1. The second-order valence-electron chi connectivity index (χ2n) is 5.33. The Morgan fingerprint density at radius 3 is 2.48 bits per heavy atom. The van der Waals surface area contributed by atoms with Crippen LogP contribution in [0.25, 0.3) is 0 Å². The first-order chi connectivity index (χ1) is 9.91. The van der Waals surface area contributed by atoms with Gasteiger partial charge in [-0.3, -0.25) is 10.2 Å². The largest absolute Gasteiger partial charge is 0.285 e. The molecule has 6 nitrogen and oxygen atoms in total. The van der Waals surface area contributed by atoms with Crippen molar-refractivity contribution in [1.29, 1.82) is 0 Å². The fourth-order valence-corrected chi connectivity index (χ4v) is 3.88. The monoisotopic (exact) mass is 311 g/mol. The summed E-state index contributed by atoms with van der Waals surface area (Å²) in [5, 5.41) is 1.52. The highest BCUT2D eigenvalue weighted by molar-refractivity contribution is 7.89. The van der Waals surface area contributed by atoms with Gasteiger partial charge in [-0.2, -0.15) is 4.31 Å². The van der Waals surface area contributed by atoms with Crippen molar-refractivity contribution in [3.8, 4) is 0 Å². The zero-order valence-corrected chi connectivity index (χ0v) is 13.2. The minimum absolute atomic E-state index is 0.177. The SMILES string of the molecule is CN(C)NC(=O)c1cccc(S(=O)(=O)N2CCCCC2)c1. The van der Waals surface area contributed by atoms with Gasteiger partial charge in [0.25, 0.3) is 5.91 Å². The minimum Gasteiger partial charge on any atom is -0.285 e. The van der Waals surface area contributed by atoms with E-state index in [2.05, 4.69) is 5.43 Å². The summed E-state index contributed by atoms with van der Waals surface area (Å²) in [5.41, 5.74) is 2.94. The number of nitrogens with zero attached hydrogens (tertiary/aromatic N) is 2. The molecule has 1 aromatic rings. The van der Waals surface area contributed by atoms with Crippen LogP contribution in [0.5, 0.6) is 0 Å². The Morgan fingerprint density at radius 2 is 1.86 bits per heavy atom. The maximum atomic E-state index is 12.6. The Hall–Kier alpha value is -1.44. The fourth-order valence-electron chi connectivity index (χ4n) is 2.32. The molecule has 1 saturated heterocycles. The van der Waals surface area contributed by atoms with Crippen molar-refractivity contribution in [3.05, 3.63) is 29.8 Å². The number of nitrogens with one attached hydrogen (secondary N) is 1. The maximum Gasteiger partial charge on any atom is 0.265 e. The van der Waals surface area contributed by atoms with E-state index in [-0.39, 0.29) is 10.8 Å². The van der Waals surface area contributed by atoms with Gasteiger partial charge in [-0.15, -0.1) is 0 Å². The molecule has 0 unspecified atom stereocenters. The summed E-state index contributed by atoms with van der Waals surface area (Å²) in [6.07, 6.45) is 2.84. The topological polar surface area (TPSA) is 69.7 Å². The van der Waals surface area contributed by atoms with E-state index >= 15 is 0 Å².